The summed E-state index contributed by atoms with van der Waals surface area (Å²) < 4.78 is 0. The van der Waals surface area contributed by atoms with Crippen LogP contribution in [0.1, 0.15) is 61.1 Å². The number of rotatable bonds is 7. The lowest BCUT2D eigenvalue weighted by Crippen LogP contribution is -2.26. The van der Waals surface area contributed by atoms with Gasteiger partial charge in [0.1, 0.15) is 5.01 Å². The Bertz CT molecular complexity index is 417. The predicted octanol–water partition coefficient (Wildman–Crippen LogP) is 2.60. The molecule has 0 fully saturated rings. The fourth-order valence-electron chi connectivity index (χ4n) is 1.50. The van der Waals surface area contributed by atoms with Crippen molar-refractivity contribution in [3.63, 3.8) is 0 Å². The number of carbonyl (C=O) groups excluding carboxylic acids is 1. The van der Waals surface area contributed by atoms with Gasteiger partial charge in [0.15, 0.2) is 5.69 Å². The van der Waals surface area contributed by atoms with Crippen LogP contribution < -0.4 is 5.32 Å². The number of unbranched alkanes of at least 4 members (excludes halogenated alkanes) is 2. The third kappa shape index (κ3) is 4.44. The van der Waals surface area contributed by atoms with Gasteiger partial charge in [-0.05, 0) is 13.3 Å². The van der Waals surface area contributed by atoms with Crippen molar-refractivity contribution >= 4 is 23.2 Å². The van der Waals surface area contributed by atoms with Gasteiger partial charge in [0, 0.05) is 11.8 Å². The third-order valence-corrected chi connectivity index (χ3v) is 3.52. The van der Waals surface area contributed by atoms with Crippen LogP contribution in [-0.4, -0.2) is 22.0 Å². The number of amides is 1. The van der Waals surface area contributed by atoms with Crippen molar-refractivity contribution in [2.24, 2.45) is 0 Å². The van der Waals surface area contributed by atoms with Crippen molar-refractivity contribution in [2.45, 2.75) is 45.6 Å². The van der Waals surface area contributed by atoms with Crippen LogP contribution in [0, 0.1) is 0 Å². The van der Waals surface area contributed by atoms with Gasteiger partial charge in [-0.3, -0.25) is 4.79 Å². The minimum absolute atomic E-state index is 0.0111. The predicted molar refractivity (Wildman–Crippen MR) is 69.8 cm³/mol. The van der Waals surface area contributed by atoms with E-state index in [-0.39, 0.29) is 17.6 Å². The summed E-state index contributed by atoms with van der Waals surface area (Å²) >= 11 is 1.25. The van der Waals surface area contributed by atoms with Gasteiger partial charge in [-0.15, -0.1) is 11.3 Å². The molecule has 5 nitrogen and oxygen atoms in total. The molecule has 0 saturated heterocycles. The van der Waals surface area contributed by atoms with Gasteiger partial charge >= 0.3 is 5.97 Å². The summed E-state index contributed by atoms with van der Waals surface area (Å²) in [4.78, 5) is 26.2. The van der Waals surface area contributed by atoms with E-state index in [1.807, 2.05) is 6.92 Å². The molecule has 6 heteroatoms. The Labute approximate surface area is 110 Å². The molecule has 1 aromatic rings. The first-order valence-corrected chi connectivity index (χ1v) is 6.90. The lowest BCUT2D eigenvalue weighted by molar-refractivity contribution is -0.121. The molecule has 0 aliphatic rings. The van der Waals surface area contributed by atoms with Crippen LogP contribution in [0.25, 0.3) is 0 Å². The Balaban J connectivity index is 2.46. The number of carbonyl (C=O) groups is 2. The first-order valence-electron chi connectivity index (χ1n) is 6.02. The molecule has 0 spiro atoms. The lowest BCUT2D eigenvalue weighted by Gasteiger charge is -2.10. The zero-order valence-electron chi connectivity index (χ0n) is 10.6. The van der Waals surface area contributed by atoms with Crippen molar-refractivity contribution in [1.29, 1.82) is 0 Å². The summed E-state index contributed by atoms with van der Waals surface area (Å²) in [5.74, 6) is -1.05. The van der Waals surface area contributed by atoms with Crippen molar-refractivity contribution in [3.8, 4) is 0 Å². The monoisotopic (exact) mass is 270 g/mol. The molecule has 1 atom stereocenters. The van der Waals surface area contributed by atoms with E-state index < -0.39 is 5.97 Å². The molecule has 0 bridgehead atoms. The number of aromatic carboxylic acids is 1. The number of nitrogens with one attached hydrogen (secondary N) is 1. The molecule has 0 aliphatic heterocycles. The molecule has 100 valence electrons. The van der Waals surface area contributed by atoms with Crippen LogP contribution in [0.4, 0.5) is 0 Å². The average Bonchev–Trinajstić information content (AvgIpc) is 2.78. The number of carboxylic acid groups (broad SMARTS) is 1. The summed E-state index contributed by atoms with van der Waals surface area (Å²) in [5, 5.41) is 13.7. The van der Waals surface area contributed by atoms with Crippen molar-refractivity contribution in [2.75, 3.05) is 0 Å². The van der Waals surface area contributed by atoms with E-state index in [1.54, 1.807) is 0 Å². The minimum Gasteiger partial charge on any atom is -0.476 e. The van der Waals surface area contributed by atoms with Gasteiger partial charge in [0.05, 0.1) is 6.04 Å². The topological polar surface area (TPSA) is 79.3 Å². The van der Waals surface area contributed by atoms with E-state index in [2.05, 4.69) is 17.2 Å². The first-order chi connectivity index (χ1) is 8.54. The van der Waals surface area contributed by atoms with E-state index in [9.17, 15) is 9.59 Å². The zero-order valence-corrected chi connectivity index (χ0v) is 11.4. The molecule has 0 aromatic carbocycles. The standard InChI is InChI=1S/C12H18N2O3S/c1-3-4-5-6-10(15)13-8(2)11-14-9(7-18-11)12(16)17/h7-8H,3-6H2,1-2H3,(H,13,15)(H,16,17). The van der Waals surface area contributed by atoms with Crippen LogP contribution in [0.3, 0.4) is 0 Å². The summed E-state index contributed by atoms with van der Waals surface area (Å²) in [7, 11) is 0. The molecule has 0 radical (unpaired) electrons. The Morgan fingerprint density at radius 2 is 2.22 bits per heavy atom. The van der Waals surface area contributed by atoms with Crippen molar-refractivity contribution in [3.05, 3.63) is 16.1 Å². The minimum atomic E-state index is -1.04. The number of aromatic nitrogens is 1. The summed E-state index contributed by atoms with van der Waals surface area (Å²) in [6.45, 7) is 3.89. The van der Waals surface area contributed by atoms with Crippen LogP contribution >= 0.6 is 11.3 Å². The van der Waals surface area contributed by atoms with Crippen LogP contribution in [0.2, 0.25) is 0 Å². The molecular weight excluding hydrogens is 252 g/mol. The second-order valence-corrected chi connectivity index (χ2v) is 5.01. The van der Waals surface area contributed by atoms with Gasteiger partial charge in [-0.2, -0.15) is 0 Å². The fourth-order valence-corrected chi connectivity index (χ4v) is 2.30. The first kappa shape index (κ1) is 14.6. The van der Waals surface area contributed by atoms with E-state index in [0.717, 1.165) is 19.3 Å². The highest BCUT2D eigenvalue weighted by atomic mass is 32.1. The number of hydrogen-bond donors (Lipinski definition) is 2. The average molecular weight is 270 g/mol. The van der Waals surface area contributed by atoms with Crippen molar-refractivity contribution < 1.29 is 14.7 Å². The SMILES string of the molecule is CCCCCC(=O)NC(C)c1nc(C(=O)O)cs1. The maximum Gasteiger partial charge on any atom is 0.355 e. The Morgan fingerprint density at radius 3 is 2.78 bits per heavy atom. The molecule has 2 N–H and O–H groups in total. The van der Waals surface area contributed by atoms with E-state index >= 15 is 0 Å². The van der Waals surface area contributed by atoms with Crippen LogP contribution in [0.15, 0.2) is 5.38 Å². The molecule has 0 aliphatic carbocycles. The highest BCUT2D eigenvalue weighted by Gasteiger charge is 2.15. The van der Waals surface area contributed by atoms with E-state index in [0.29, 0.717) is 11.4 Å². The van der Waals surface area contributed by atoms with Gasteiger partial charge in [0.25, 0.3) is 0 Å². The van der Waals surface area contributed by atoms with Gasteiger partial charge < -0.3 is 10.4 Å². The molecule has 1 aromatic heterocycles. The molecule has 1 heterocycles. The van der Waals surface area contributed by atoms with Crippen LogP contribution in [0.5, 0.6) is 0 Å². The van der Waals surface area contributed by atoms with Crippen LogP contribution in [-0.2, 0) is 4.79 Å². The number of thiazole rings is 1. The number of nitrogens with zero attached hydrogens (tertiary/aromatic N) is 1. The molecule has 18 heavy (non-hydrogen) atoms. The van der Waals surface area contributed by atoms with Gasteiger partial charge in [0.2, 0.25) is 5.91 Å². The summed E-state index contributed by atoms with van der Waals surface area (Å²) in [6.07, 6.45) is 3.52. The maximum absolute atomic E-state index is 11.6. The van der Waals surface area contributed by atoms with Crippen molar-refractivity contribution in [1.82, 2.24) is 10.3 Å². The molecule has 1 rings (SSSR count). The van der Waals surface area contributed by atoms with Gasteiger partial charge in [-0.1, -0.05) is 19.8 Å². The fraction of sp³-hybridized carbons (Fsp3) is 0.583. The molecule has 0 saturated carbocycles. The lowest BCUT2D eigenvalue weighted by atomic mass is 10.2. The van der Waals surface area contributed by atoms with E-state index in [1.165, 1.54) is 16.7 Å². The Kier molecular flexibility index (Phi) is 5.77. The number of hydrogen-bond acceptors (Lipinski definition) is 4. The summed E-state index contributed by atoms with van der Waals surface area (Å²) in [5.41, 5.74) is 0.0297. The normalized spacial score (nSPS) is 12.1. The highest BCUT2D eigenvalue weighted by Crippen LogP contribution is 2.18. The molecule has 1 unspecified atom stereocenters. The Hall–Kier alpha value is -1.43. The Morgan fingerprint density at radius 1 is 1.50 bits per heavy atom. The smallest absolute Gasteiger partial charge is 0.355 e. The van der Waals surface area contributed by atoms with Gasteiger partial charge in [-0.25, -0.2) is 9.78 Å². The second-order valence-electron chi connectivity index (χ2n) is 4.12. The van der Waals surface area contributed by atoms with E-state index in [4.69, 9.17) is 5.11 Å². The third-order valence-electron chi connectivity index (χ3n) is 2.50. The maximum atomic E-state index is 11.6. The molecular formula is C12H18N2O3S. The molecule has 1 amide bonds. The largest absolute Gasteiger partial charge is 0.476 e. The highest BCUT2D eigenvalue weighted by molar-refractivity contribution is 7.09. The zero-order chi connectivity index (χ0) is 13.5. The second kappa shape index (κ2) is 7.10. The quantitative estimate of drug-likeness (QED) is 0.746. The number of carboxylic acids is 1. The summed E-state index contributed by atoms with van der Waals surface area (Å²) in [6, 6.07) is -0.239.